The van der Waals surface area contributed by atoms with Crippen molar-refractivity contribution in [3.63, 3.8) is 0 Å². The van der Waals surface area contributed by atoms with Gasteiger partial charge in [-0.2, -0.15) is 0 Å². The number of likely N-dealkylation sites (tertiary alicyclic amines) is 1. The van der Waals surface area contributed by atoms with Crippen molar-refractivity contribution in [2.75, 3.05) is 39.9 Å². The van der Waals surface area contributed by atoms with Gasteiger partial charge in [-0.15, -0.1) is 0 Å². The van der Waals surface area contributed by atoms with Crippen molar-refractivity contribution in [1.29, 1.82) is 0 Å². The molecule has 1 fully saturated rings. The number of nitrogens with zero attached hydrogens (tertiary/aromatic N) is 2. The second kappa shape index (κ2) is 10.7. The van der Waals surface area contributed by atoms with Gasteiger partial charge in [-0.1, -0.05) is 6.07 Å². The predicted octanol–water partition coefficient (Wildman–Crippen LogP) is 1.18. The number of nitrogens with one attached hydrogen (secondary N) is 2. The molecule has 2 heterocycles. The number of amides is 2. The van der Waals surface area contributed by atoms with Crippen LogP contribution in [0.3, 0.4) is 0 Å². The van der Waals surface area contributed by atoms with E-state index in [4.69, 9.17) is 9.84 Å². The Morgan fingerprint density at radius 3 is 2.92 bits per heavy atom. The van der Waals surface area contributed by atoms with Gasteiger partial charge in [0, 0.05) is 31.5 Å². The highest BCUT2D eigenvalue weighted by atomic mass is 16.5. The molecular formula is C18H28N4O4. The van der Waals surface area contributed by atoms with Gasteiger partial charge in [-0.3, -0.25) is 14.7 Å². The Balaban J connectivity index is 1.61. The van der Waals surface area contributed by atoms with Crippen LogP contribution in [0.15, 0.2) is 18.5 Å². The number of pyridine rings is 1. The lowest BCUT2D eigenvalue weighted by Gasteiger charge is -2.19. The van der Waals surface area contributed by atoms with E-state index in [1.165, 1.54) is 24.0 Å². The Hall–Kier alpha value is -2.19. The second-order valence-electron chi connectivity index (χ2n) is 6.50. The van der Waals surface area contributed by atoms with Crippen molar-refractivity contribution in [3.8, 4) is 0 Å². The number of aromatic nitrogens is 1. The number of hydrogen-bond donors (Lipinski definition) is 3. The molecule has 8 nitrogen and oxygen atoms in total. The standard InChI is InChI=1S/C18H28N4O4/c1-22-8-3-5-16(22)15-10-14(11-19-12-15)4-2-6-20-17(23)13-26-9-7-21-18(24)25/h10-12,16,21H,2-9,13H2,1H3,(H,20,23)(H,24,25)/t16-/m0/s1. The molecule has 26 heavy (non-hydrogen) atoms. The van der Waals surface area contributed by atoms with E-state index in [2.05, 4.69) is 33.6 Å². The zero-order valence-electron chi connectivity index (χ0n) is 15.2. The largest absolute Gasteiger partial charge is 0.465 e. The van der Waals surface area contributed by atoms with Crippen LogP contribution in [-0.4, -0.2) is 66.9 Å². The van der Waals surface area contributed by atoms with E-state index in [0.717, 1.165) is 19.4 Å². The first-order valence-electron chi connectivity index (χ1n) is 9.01. The highest BCUT2D eigenvalue weighted by Gasteiger charge is 2.22. The SMILES string of the molecule is CN1CCC[C@H]1c1cncc(CCCNC(=O)COCCNC(=O)O)c1. The Labute approximate surface area is 153 Å². The van der Waals surface area contributed by atoms with Crippen LogP contribution in [0.1, 0.15) is 36.4 Å². The molecule has 2 amide bonds. The summed E-state index contributed by atoms with van der Waals surface area (Å²) in [5, 5.41) is 13.4. The van der Waals surface area contributed by atoms with Crippen molar-refractivity contribution in [2.45, 2.75) is 31.7 Å². The lowest BCUT2D eigenvalue weighted by atomic mass is 10.0. The van der Waals surface area contributed by atoms with Crippen LogP contribution in [0.25, 0.3) is 0 Å². The molecule has 1 aliphatic heterocycles. The van der Waals surface area contributed by atoms with Gasteiger partial charge < -0.3 is 20.5 Å². The summed E-state index contributed by atoms with van der Waals surface area (Å²) < 4.78 is 5.09. The van der Waals surface area contributed by atoms with Gasteiger partial charge in [0.1, 0.15) is 6.61 Å². The number of carboxylic acid groups (broad SMARTS) is 1. The fourth-order valence-electron chi connectivity index (χ4n) is 3.12. The van der Waals surface area contributed by atoms with Gasteiger partial charge in [0.25, 0.3) is 0 Å². The maximum atomic E-state index is 11.6. The van der Waals surface area contributed by atoms with E-state index < -0.39 is 6.09 Å². The molecule has 0 unspecified atom stereocenters. The summed E-state index contributed by atoms with van der Waals surface area (Å²) in [5.41, 5.74) is 2.46. The maximum absolute atomic E-state index is 11.6. The molecular weight excluding hydrogens is 336 g/mol. The van der Waals surface area contributed by atoms with Crippen LogP contribution in [0.2, 0.25) is 0 Å². The molecule has 1 aromatic heterocycles. The second-order valence-corrected chi connectivity index (χ2v) is 6.50. The summed E-state index contributed by atoms with van der Waals surface area (Å²) in [4.78, 5) is 28.6. The third-order valence-corrected chi connectivity index (χ3v) is 4.44. The topological polar surface area (TPSA) is 104 Å². The van der Waals surface area contributed by atoms with Crippen LogP contribution in [0.5, 0.6) is 0 Å². The first-order valence-corrected chi connectivity index (χ1v) is 9.01. The Morgan fingerprint density at radius 2 is 2.19 bits per heavy atom. The molecule has 1 saturated heterocycles. The summed E-state index contributed by atoms with van der Waals surface area (Å²) >= 11 is 0. The summed E-state index contributed by atoms with van der Waals surface area (Å²) in [6.45, 7) is 1.99. The zero-order valence-corrected chi connectivity index (χ0v) is 15.2. The van der Waals surface area contributed by atoms with E-state index in [1.807, 2.05) is 12.4 Å². The highest BCUT2D eigenvalue weighted by molar-refractivity contribution is 5.77. The van der Waals surface area contributed by atoms with Crippen LogP contribution in [-0.2, 0) is 16.0 Å². The summed E-state index contributed by atoms with van der Waals surface area (Å²) in [6, 6.07) is 2.69. The number of rotatable bonds is 10. The monoisotopic (exact) mass is 364 g/mol. The van der Waals surface area contributed by atoms with E-state index >= 15 is 0 Å². The third-order valence-electron chi connectivity index (χ3n) is 4.44. The lowest BCUT2D eigenvalue weighted by Crippen LogP contribution is -2.31. The number of carbonyl (C=O) groups excluding carboxylic acids is 1. The highest BCUT2D eigenvalue weighted by Crippen LogP contribution is 2.30. The number of hydrogen-bond acceptors (Lipinski definition) is 5. The quantitative estimate of drug-likeness (QED) is 0.539. The Bertz CT molecular complexity index is 596. The van der Waals surface area contributed by atoms with Crippen molar-refractivity contribution >= 4 is 12.0 Å². The average molecular weight is 364 g/mol. The third kappa shape index (κ3) is 6.97. The van der Waals surface area contributed by atoms with Gasteiger partial charge in [-0.05, 0) is 50.4 Å². The minimum Gasteiger partial charge on any atom is -0.465 e. The first-order chi connectivity index (χ1) is 12.6. The number of aryl methyl sites for hydroxylation is 1. The molecule has 1 aliphatic rings. The van der Waals surface area contributed by atoms with Gasteiger partial charge in [-0.25, -0.2) is 4.79 Å². The minimum absolute atomic E-state index is 0.0631. The fraction of sp³-hybridized carbons (Fsp3) is 0.611. The molecule has 1 atom stereocenters. The van der Waals surface area contributed by atoms with Gasteiger partial charge in [0.15, 0.2) is 0 Å². The molecule has 8 heteroatoms. The van der Waals surface area contributed by atoms with Crippen molar-refractivity contribution < 1.29 is 19.4 Å². The molecule has 0 radical (unpaired) electrons. The minimum atomic E-state index is -1.10. The molecule has 0 saturated carbocycles. The van der Waals surface area contributed by atoms with Crippen LogP contribution < -0.4 is 10.6 Å². The van der Waals surface area contributed by atoms with E-state index in [-0.39, 0.29) is 25.7 Å². The lowest BCUT2D eigenvalue weighted by molar-refractivity contribution is -0.125. The Morgan fingerprint density at radius 1 is 1.35 bits per heavy atom. The Kier molecular flexibility index (Phi) is 8.30. The molecule has 0 aliphatic carbocycles. The van der Waals surface area contributed by atoms with Crippen molar-refractivity contribution in [1.82, 2.24) is 20.5 Å². The van der Waals surface area contributed by atoms with Crippen LogP contribution in [0.4, 0.5) is 4.79 Å². The first kappa shape index (κ1) is 20.1. The van der Waals surface area contributed by atoms with E-state index in [1.54, 1.807) is 0 Å². The molecule has 144 valence electrons. The molecule has 2 rings (SSSR count). The molecule has 1 aromatic rings. The van der Waals surface area contributed by atoms with E-state index in [0.29, 0.717) is 12.6 Å². The fourth-order valence-corrected chi connectivity index (χ4v) is 3.12. The summed E-state index contributed by atoms with van der Waals surface area (Å²) in [5.74, 6) is -0.195. The maximum Gasteiger partial charge on any atom is 0.404 e. The zero-order chi connectivity index (χ0) is 18.8. The van der Waals surface area contributed by atoms with Gasteiger partial charge in [0.05, 0.1) is 6.61 Å². The molecule has 3 N–H and O–H groups in total. The van der Waals surface area contributed by atoms with Crippen LogP contribution in [0, 0.1) is 0 Å². The van der Waals surface area contributed by atoms with Crippen molar-refractivity contribution in [3.05, 3.63) is 29.6 Å². The number of carbonyl (C=O) groups is 2. The van der Waals surface area contributed by atoms with Gasteiger partial charge >= 0.3 is 6.09 Å². The van der Waals surface area contributed by atoms with Gasteiger partial charge in [0.2, 0.25) is 5.91 Å². The molecule has 0 spiro atoms. The predicted molar refractivity (Wildman–Crippen MR) is 97.0 cm³/mol. The summed E-state index contributed by atoms with van der Waals surface area (Å²) in [6.07, 6.45) is 6.84. The smallest absolute Gasteiger partial charge is 0.404 e. The molecule has 0 aromatic carbocycles. The summed E-state index contributed by atoms with van der Waals surface area (Å²) in [7, 11) is 2.15. The normalized spacial score (nSPS) is 17.2. The average Bonchev–Trinajstić information content (AvgIpc) is 3.04. The molecule has 0 bridgehead atoms. The van der Waals surface area contributed by atoms with Crippen molar-refractivity contribution in [2.24, 2.45) is 0 Å². The number of ether oxygens (including phenoxy) is 1. The van der Waals surface area contributed by atoms with Crippen LogP contribution >= 0.6 is 0 Å². The van der Waals surface area contributed by atoms with E-state index in [9.17, 15) is 9.59 Å².